The first-order valence-corrected chi connectivity index (χ1v) is 11.6. The maximum absolute atomic E-state index is 13.3. The number of benzene rings is 1. The average molecular weight is 446 g/mol. The number of thiophene rings is 1. The third-order valence-corrected chi connectivity index (χ3v) is 6.84. The highest BCUT2D eigenvalue weighted by Crippen LogP contribution is 2.26. The van der Waals surface area contributed by atoms with E-state index in [2.05, 4.69) is 10.3 Å². The molecular weight excluding hydrogens is 429 g/mol. The number of rotatable bonds is 7. The molecule has 0 aliphatic rings. The van der Waals surface area contributed by atoms with Crippen molar-refractivity contribution in [1.82, 2.24) is 14.7 Å². The molecule has 29 heavy (non-hydrogen) atoms. The second-order valence-corrected chi connectivity index (χ2v) is 9.04. The van der Waals surface area contributed by atoms with E-state index in [1.54, 1.807) is 18.3 Å². The summed E-state index contributed by atoms with van der Waals surface area (Å²) in [5.74, 6) is 0.254. The Morgan fingerprint density at radius 3 is 2.79 bits per heavy atom. The molecular formula is C20H16FN3O2S3. The van der Waals surface area contributed by atoms with Crippen LogP contribution in [0.5, 0.6) is 0 Å². The lowest BCUT2D eigenvalue weighted by Crippen LogP contribution is -2.30. The molecule has 0 fully saturated rings. The zero-order valence-corrected chi connectivity index (χ0v) is 17.5. The van der Waals surface area contributed by atoms with Gasteiger partial charge in [-0.2, -0.15) is 0 Å². The molecule has 0 radical (unpaired) electrons. The number of hydrogen-bond acceptors (Lipinski definition) is 6. The van der Waals surface area contributed by atoms with Gasteiger partial charge in [0, 0.05) is 28.3 Å². The lowest BCUT2D eigenvalue weighted by atomic mass is 10.1. The van der Waals surface area contributed by atoms with Gasteiger partial charge < -0.3 is 5.32 Å². The molecule has 5 nitrogen and oxygen atoms in total. The molecule has 3 heterocycles. The van der Waals surface area contributed by atoms with E-state index in [1.165, 1.54) is 57.0 Å². The molecule has 0 aliphatic heterocycles. The summed E-state index contributed by atoms with van der Waals surface area (Å²) in [7, 11) is 0. The molecule has 4 aromatic rings. The van der Waals surface area contributed by atoms with E-state index in [-0.39, 0.29) is 29.1 Å². The van der Waals surface area contributed by atoms with Gasteiger partial charge in [0.25, 0.3) is 5.56 Å². The van der Waals surface area contributed by atoms with Crippen LogP contribution in [-0.2, 0) is 10.5 Å². The normalized spacial score (nSPS) is 12.2. The summed E-state index contributed by atoms with van der Waals surface area (Å²) in [5.41, 5.74) is 1.36. The summed E-state index contributed by atoms with van der Waals surface area (Å²) in [4.78, 5) is 30.6. The Kier molecular flexibility index (Phi) is 6.08. The van der Waals surface area contributed by atoms with Crippen molar-refractivity contribution in [3.8, 4) is 0 Å². The second-order valence-electron chi connectivity index (χ2n) is 6.20. The number of carbonyl (C=O) groups excluding carboxylic acids is 1. The molecule has 1 atom stereocenters. The van der Waals surface area contributed by atoms with Crippen molar-refractivity contribution in [3.05, 3.63) is 91.7 Å². The van der Waals surface area contributed by atoms with Crippen LogP contribution in [0.1, 0.15) is 22.2 Å². The van der Waals surface area contributed by atoms with Gasteiger partial charge in [0.2, 0.25) is 5.91 Å². The maximum atomic E-state index is 13.3. The maximum Gasteiger partial charge on any atom is 0.258 e. The summed E-state index contributed by atoms with van der Waals surface area (Å²) in [5, 5.41) is 6.78. The highest BCUT2D eigenvalue weighted by atomic mass is 32.2. The van der Waals surface area contributed by atoms with E-state index in [0.29, 0.717) is 16.4 Å². The zero-order chi connectivity index (χ0) is 20.2. The molecule has 0 unspecified atom stereocenters. The van der Waals surface area contributed by atoms with Gasteiger partial charge in [-0.3, -0.25) is 14.0 Å². The van der Waals surface area contributed by atoms with E-state index in [4.69, 9.17) is 0 Å². The molecule has 1 aromatic carbocycles. The van der Waals surface area contributed by atoms with Crippen LogP contribution in [0.4, 0.5) is 4.39 Å². The monoisotopic (exact) mass is 445 g/mol. The van der Waals surface area contributed by atoms with Crippen molar-refractivity contribution in [2.24, 2.45) is 0 Å². The van der Waals surface area contributed by atoms with Gasteiger partial charge in [-0.15, -0.1) is 34.4 Å². The minimum Gasteiger partial charge on any atom is -0.344 e. The highest BCUT2D eigenvalue weighted by Gasteiger charge is 2.18. The minimum absolute atomic E-state index is 0.120. The molecule has 0 saturated heterocycles. The number of halogens is 1. The van der Waals surface area contributed by atoms with E-state index < -0.39 is 0 Å². The molecule has 0 bridgehead atoms. The second kappa shape index (κ2) is 8.89. The molecule has 9 heteroatoms. The number of nitrogens with zero attached hydrogens (tertiary/aromatic N) is 2. The van der Waals surface area contributed by atoms with E-state index >= 15 is 0 Å². The molecule has 1 N–H and O–H groups in total. The van der Waals surface area contributed by atoms with Crippen LogP contribution >= 0.6 is 34.4 Å². The Balaban J connectivity index is 1.40. The van der Waals surface area contributed by atoms with E-state index in [1.807, 2.05) is 22.9 Å². The smallest absolute Gasteiger partial charge is 0.258 e. The lowest BCUT2D eigenvalue weighted by Gasteiger charge is -2.18. The van der Waals surface area contributed by atoms with Crippen molar-refractivity contribution >= 4 is 45.3 Å². The highest BCUT2D eigenvalue weighted by molar-refractivity contribution is 7.99. The number of aromatic nitrogens is 2. The summed E-state index contributed by atoms with van der Waals surface area (Å²) in [6.07, 6.45) is 1.69. The average Bonchev–Trinajstić information content (AvgIpc) is 3.39. The van der Waals surface area contributed by atoms with Crippen molar-refractivity contribution < 1.29 is 9.18 Å². The molecule has 3 aromatic heterocycles. The van der Waals surface area contributed by atoms with Crippen LogP contribution in [-0.4, -0.2) is 21.0 Å². The molecule has 148 valence electrons. The van der Waals surface area contributed by atoms with Gasteiger partial charge in [0.15, 0.2) is 4.96 Å². The Bertz CT molecular complexity index is 1170. The minimum atomic E-state index is -0.325. The predicted octanol–water partition coefficient (Wildman–Crippen LogP) is 4.10. The van der Waals surface area contributed by atoms with Gasteiger partial charge in [-0.05, 0) is 29.1 Å². The largest absolute Gasteiger partial charge is 0.344 e. The van der Waals surface area contributed by atoms with E-state index in [9.17, 15) is 14.0 Å². The molecule has 0 spiro atoms. The number of carbonyl (C=O) groups is 1. The first-order valence-electron chi connectivity index (χ1n) is 8.72. The quantitative estimate of drug-likeness (QED) is 0.465. The van der Waals surface area contributed by atoms with Gasteiger partial charge in [-0.25, -0.2) is 9.37 Å². The van der Waals surface area contributed by atoms with Crippen LogP contribution in [0.25, 0.3) is 4.96 Å². The number of nitrogens with one attached hydrogen (secondary N) is 1. The van der Waals surface area contributed by atoms with Crippen LogP contribution in [0.2, 0.25) is 0 Å². The van der Waals surface area contributed by atoms with Gasteiger partial charge in [0.1, 0.15) is 5.82 Å². The van der Waals surface area contributed by atoms with Crippen molar-refractivity contribution in [3.63, 3.8) is 0 Å². The van der Waals surface area contributed by atoms with Gasteiger partial charge >= 0.3 is 0 Å². The molecule has 0 aliphatic carbocycles. The first-order chi connectivity index (χ1) is 14.1. The first kappa shape index (κ1) is 19.8. The van der Waals surface area contributed by atoms with Crippen LogP contribution in [0.15, 0.2) is 64.2 Å². The zero-order valence-electron chi connectivity index (χ0n) is 15.1. The van der Waals surface area contributed by atoms with Crippen molar-refractivity contribution in [2.75, 3.05) is 5.75 Å². The standard InChI is InChI=1S/C20H16FN3O2S3/c21-14-5-3-13(4-6-14)19(16-2-1-8-28-16)23-17(25)12-27-11-15-10-18(26)24-7-9-29-20(24)22-15/h1-10,19H,11-12H2,(H,23,25)/t19-/m1/s1. The fourth-order valence-corrected chi connectivity index (χ4v) is 5.11. The van der Waals surface area contributed by atoms with E-state index in [0.717, 1.165) is 10.4 Å². The summed E-state index contributed by atoms with van der Waals surface area (Å²) in [6.45, 7) is 0. The predicted molar refractivity (Wildman–Crippen MR) is 116 cm³/mol. The Hall–Kier alpha value is -2.49. The van der Waals surface area contributed by atoms with Crippen LogP contribution in [0, 0.1) is 5.82 Å². The summed E-state index contributed by atoms with van der Waals surface area (Å²) in [6, 6.07) is 11.2. The number of thioether (sulfide) groups is 1. The van der Waals surface area contributed by atoms with Gasteiger partial charge in [-0.1, -0.05) is 18.2 Å². The Labute approximate surface area is 178 Å². The molecule has 1 amide bonds. The Morgan fingerprint density at radius 2 is 2.03 bits per heavy atom. The Morgan fingerprint density at radius 1 is 1.21 bits per heavy atom. The van der Waals surface area contributed by atoms with Crippen LogP contribution in [0.3, 0.4) is 0 Å². The molecule has 0 saturated carbocycles. The topological polar surface area (TPSA) is 63.5 Å². The summed E-state index contributed by atoms with van der Waals surface area (Å²) < 4.78 is 14.8. The van der Waals surface area contributed by atoms with Gasteiger partial charge in [0.05, 0.1) is 17.5 Å². The summed E-state index contributed by atoms with van der Waals surface area (Å²) >= 11 is 4.33. The SMILES string of the molecule is O=C(CSCc1cc(=O)n2ccsc2n1)N[C@H](c1ccc(F)cc1)c1cccs1. The van der Waals surface area contributed by atoms with Crippen molar-refractivity contribution in [2.45, 2.75) is 11.8 Å². The molecule has 4 rings (SSSR count). The number of fused-ring (bicyclic) bond motifs is 1. The third-order valence-electron chi connectivity index (χ3n) is 4.18. The third kappa shape index (κ3) is 4.75. The van der Waals surface area contributed by atoms with Crippen molar-refractivity contribution in [1.29, 1.82) is 0 Å². The lowest BCUT2D eigenvalue weighted by molar-refractivity contribution is -0.119. The number of thiazole rings is 1. The number of amides is 1. The fraction of sp³-hybridized carbons (Fsp3) is 0.150. The number of hydrogen-bond donors (Lipinski definition) is 1. The van der Waals surface area contributed by atoms with Crippen LogP contribution < -0.4 is 10.9 Å². The fourth-order valence-electron chi connectivity index (χ4n) is 2.84.